The van der Waals surface area contributed by atoms with E-state index < -0.39 is 23.7 Å². The molecule has 0 aromatic rings. The van der Waals surface area contributed by atoms with Crippen LogP contribution in [0.15, 0.2) is 0 Å². The molecule has 0 bridgehead atoms. The molecule has 1 N–H and O–H groups in total. The number of carbonyl (C=O) groups excluding carboxylic acids is 2. The maximum absolute atomic E-state index is 12.7. The summed E-state index contributed by atoms with van der Waals surface area (Å²) < 4.78 is 11.0. The average Bonchev–Trinajstić information content (AvgIpc) is 2.89. The zero-order valence-electron chi connectivity index (χ0n) is 25.7. The number of carboxylic acid groups (broad SMARTS) is 1. The molecule has 1 fully saturated rings. The highest BCUT2D eigenvalue weighted by Crippen LogP contribution is 2.35. The van der Waals surface area contributed by atoms with Crippen molar-refractivity contribution >= 4 is 17.9 Å². The molecule has 0 spiro atoms. The van der Waals surface area contributed by atoms with E-state index >= 15 is 0 Å². The van der Waals surface area contributed by atoms with E-state index in [0.717, 1.165) is 50.4 Å². The lowest BCUT2D eigenvalue weighted by molar-refractivity contribution is -0.159. The summed E-state index contributed by atoms with van der Waals surface area (Å²) >= 11 is 0. The zero-order valence-corrected chi connectivity index (χ0v) is 25.7. The van der Waals surface area contributed by atoms with Crippen molar-refractivity contribution in [2.24, 2.45) is 29.6 Å². The smallest absolute Gasteiger partial charge is 0.308 e. The normalized spacial score (nSPS) is 19.4. The molecule has 0 aromatic carbocycles. The van der Waals surface area contributed by atoms with E-state index in [1.54, 1.807) is 0 Å². The fourth-order valence-electron chi connectivity index (χ4n) is 5.56. The Morgan fingerprint density at radius 3 is 1.18 bits per heavy atom. The summed E-state index contributed by atoms with van der Waals surface area (Å²) in [6, 6.07) is 0. The maximum atomic E-state index is 12.7. The summed E-state index contributed by atoms with van der Waals surface area (Å²) in [6.45, 7) is 9.80. The van der Waals surface area contributed by atoms with Crippen molar-refractivity contribution in [3.8, 4) is 0 Å². The van der Waals surface area contributed by atoms with Gasteiger partial charge in [-0.3, -0.25) is 14.4 Å². The van der Waals surface area contributed by atoms with Crippen LogP contribution in [0.4, 0.5) is 0 Å². The molecule has 0 saturated heterocycles. The van der Waals surface area contributed by atoms with Crippen molar-refractivity contribution in [2.75, 3.05) is 13.2 Å². The van der Waals surface area contributed by atoms with Crippen LogP contribution >= 0.6 is 0 Å². The standard InChI is InChI=1S/C33H60O6/c1-26(2)19-15-11-7-5-9-13-17-21-38-32(36)29-23-28(31(34)35)24-30(25-29)33(37)39-22-18-14-10-6-8-12-16-20-27(3)4/h26-30H,5-25H2,1-4H3,(H,34,35). The first-order valence-corrected chi connectivity index (χ1v) is 16.3. The molecule has 1 rings (SSSR count). The van der Waals surface area contributed by atoms with Gasteiger partial charge in [0.25, 0.3) is 0 Å². The summed E-state index contributed by atoms with van der Waals surface area (Å²) in [5.41, 5.74) is 0. The largest absolute Gasteiger partial charge is 0.481 e. The molecule has 2 unspecified atom stereocenters. The van der Waals surface area contributed by atoms with Gasteiger partial charge in [0.2, 0.25) is 0 Å². The number of carboxylic acids is 1. The predicted octanol–water partition coefficient (Wildman–Crippen LogP) is 8.74. The summed E-state index contributed by atoms with van der Waals surface area (Å²) in [4.78, 5) is 37.1. The van der Waals surface area contributed by atoms with Crippen LogP contribution in [0.5, 0.6) is 0 Å². The molecule has 0 aromatic heterocycles. The second-order valence-electron chi connectivity index (χ2n) is 12.8. The van der Waals surface area contributed by atoms with Gasteiger partial charge in [0.1, 0.15) is 0 Å². The minimum Gasteiger partial charge on any atom is -0.481 e. The van der Waals surface area contributed by atoms with Crippen molar-refractivity contribution < 1.29 is 29.0 Å². The Hall–Kier alpha value is -1.59. The molecule has 0 radical (unpaired) electrons. The van der Waals surface area contributed by atoms with Crippen LogP contribution < -0.4 is 0 Å². The maximum Gasteiger partial charge on any atom is 0.308 e. The summed E-state index contributed by atoms with van der Waals surface area (Å²) in [7, 11) is 0. The molecule has 228 valence electrons. The van der Waals surface area contributed by atoms with Crippen molar-refractivity contribution in [1.82, 2.24) is 0 Å². The Morgan fingerprint density at radius 1 is 0.538 bits per heavy atom. The van der Waals surface area contributed by atoms with E-state index in [1.165, 1.54) is 64.2 Å². The molecule has 0 heterocycles. The highest BCUT2D eigenvalue weighted by Gasteiger charge is 2.40. The van der Waals surface area contributed by atoms with E-state index in [9.17, 15) is 19.5 Å². The molecule has 0 amide bonds. The summed E-state index contributed by atoms with van der Waals surface area (Å²) in [5, 5.41) is 9.59. The van der Waals surface area contributed by atoms with Gasteiger partial charge < -0.3 is 14.6 Å². The molecule has 0 aliphatic heterocycles. The van der Waals surface area contributed by atoms with Crippen LogP contribution in [-0.4, -0.2) is 36.2 Å². The zero-order chi connectivity index (χ0) is 28.9. The van der Waals surface area contributed by atoms with Gasteiger partial charge in [0.15, 0.2) is 0 Å². The second kappa shape index (κ2) is 22.1. The van der Waals surface area contributed by atoms with E-state index in [-0.39, 0.29) is 24.8 Å². The van der Waals surface area contributed by atoms with Gasteiger partial charge in [-0.15, -0.1) is 0 Å². The van der Waals surface area contributed by atoms with Gasteiger partial charge in [-0.2, -0.15) is 0 Å². The number of rotatable bonds is 23. The number of hydrogen-bond donors (Lipinski definition) is 1. The van der Waals surface area contributed by atoms with Crippen LogP contribution in [0.2, 0.25) is 0 Å². The summed E-state index contributed by atoms with van der Waals surface area (Å²) in [5.74, 6) is -1.91. The third kappa shape index (κ3) is 18.4. The third-order valence-corrected chi connectivity index (χ3v) is 8.06. The number of esters is 2. The minimum atomic E-state index is -0.952. The third-order valence-electron chi connectivity index (χ3n) is 8.06. The van der Waals surface area contributed by atoms with Gasteiger partial charge in [0, 0.05) is 0 Å². The van der Waals surface area contributed by atoms with Crippen LogP contribution in [0, 0.1) is 29.6 Å². The molecule has 2 atom stereocenters. The van der Waals surface area contributed by atoms with Gasteiger partial charge in [-0.25, -0.2) is 0 Å². The Bertz CT molecular complexity index is 611. The molecular weight excluding hydrogens is 492 g/mol. The van der Waals surface area contributed by atoms with Gasteiger partial charge in [0.05, 0.1) is 31.0 Å². The molecule has 1 saturated carbocycles. The monoisotopic (exact) mass is 552 g/mol. The van der Waals surface area contributed by atoms with Crippen LogP contribution in [0.25, 0.3) is 0 Å². The van der Waals surface area contributed by atoms with Crippen molar-refractivity contribution in [2.45, 2.75) is 150 Å². The fraction of sp³-hybridized carbons (Fsp3) is 0.909. The number of ether oxygens (including phenoxy) is 2. The number of unbranched alkanes of at least 4 members (excludes halogenated alkanes) is 12. The molecular formula is C33H60O6. The fourth-order valence-corrected chi connectivity index (χ4v) is 5.56. The van der Waals surface area contributed by atoms with Crippen molar-refractivity contribution in [3.05, 3.63) is 0 Å². The summed E-state index contributed by atoms with van der Waals surface area (Å²) in [6.07, 6.45) is 19.6. The Kier molecular flexibility index (Phi) is 20.1. The van der Waals surface area contributed by atoms with E-state index in [1.807, 2.05) is 0 Å². The molecule has 39 heavy (non-hydrogen) atoms. The van der Waals surface area contributed by atoms with Crippen LogP contribution in [0.1, 0.15) is 150 Å². The van der Waals surface area contributed by atoms with E-state index in [2.05, 4.69) is 27.7 Å². The average molecular weight is 553 g/mol. The molecule has 1 aliphatic carbocycles. The Balaban J connectivity index is 2.23. The van der Waals surface area contributed by atoms with Gasteiger partial charge in [-0.1, -0.05) is 118 Å². The Labute approximate surface area is 239 Å². The van der Waals surface area contributed by atoms with Crippen molar-refractivity contribution in [3.63, 3.8) is 0 Å². The SMILES string of the molecule is CC(C)CCCCCCCCCOC(=O)C1CC(C(=O)O)CC(C(=O)OCCCCCCCCCC(C)C)C1. The first kappa shape index (κ1) is 35.4. The van der Waals surface area contributed by atoms with Crippen LogP contribution in [0.3, 0.4) is 0 Å². The van der Waals surface area contributed by atoms with Crippen molar-refractivity contribution in [1.29, 1.82) is 0 Å². The lowest BCUT2D eigenvalue weighted by Gasteiger charge is -2.30. The second-order valence-corrected chi connectivity index (χ2v) is 12.8. The number of aliphatic carboxylic acids is 1. The Morgan fingerprint density at radius 2 is 0.846 bits per heavy atom. The molecule has 1 aliphatic rings. The highest BCUT2D eigenvalue weighted by molar-refractivity contribution is 5.79. The predicted molar refractivity (Wildman–Crippen MR) is 157 cm³/mol. The lowest BCUT2D eigenvalue weighted by atomic mass is 9.75. The van der Waals surface area contributed by atoms with Gasteiger partial charge >= 0.3 is 17.9 Å². The highest BCUT2D eigenvalue weighted by atomic mass is 16.5. The van der Waals surface area contributed by atoms with Gasteiger partial charge in [-0.05, 0) is 43.9 Å². The quantitative estimate of drug-likeness (QED) is 0.101. The van der Waals surface area contributed by atoms with Crippen LogP contribution in [-0.2, 0) is 23.9 Å². The minimum absolute atomic E-state index is 0.242. The number of hydrogen-bond acceptors (Lipinski definition) is 5. The first-order chi connectivity index (χ1) is 18.7. The van der Waals surface area contributed by atoms with E-state index in [4.69, 9.17) is 9.47 Å². The topological polar surface area (TPSA) is 89.9 Å². The lowest BCUT2D eigenvalue weighted by Crippen LogP contribution is -2.36. The molecule has 6 heteroatoms. The molecule has 6 nitrogen and oxygen atoms in total. The number of carbonyl (C=O) groups is 3. The van der Waals surface area contributed by atoms with E-state index in [0.29, 0.717) is 19.6 Å². The first-order valence-electron chi connectivity index (χ1n) is 16.3.